The lowest BCUT2D eigenvalue weighted by Gasteiger charge is -2.27. The highest BCUT2D eigenvalue weighted by Gasteiger charge is 2.32. The Morgan fingerprint density at radius 2 is 1.94 bits per heavy atom. The smallest absolute Gasteiger partial charge is 0.335 e. The van der Waals surface area contributed by atoms with Crippen molar-refractivity contribution in [2.45, 2.75) is 6.54 Å². The Morgan fingerprint density at radius 3 is 2.69 bits per heavy atom. The summed E-state index contributed by atoms with van der Waals surface area (Å²) in [6.45, 7) is 4.25. The zero-order chi connectivity index (χ0) is 22.8. The summed E-state index contributed by atoms with van der Waals surface area (Å²) >= 11 is 5.10. The Morgan fingerprint density at radius 1 is 1.16 bits per heavy atom. The highest BCUT2D eigenvalue weighted by atomic mass is 32.1. The number of aromatic carboxylic acids is 1. The molecule has 2 N–H and O–H groups in total. The number of aromatic nitrogens is 1. The minimum atomic E-state index is -0.988. The van der Waals surface area contributed by atoms with E-state index >= 15 is 0 Å². The van der Waals surface area contributed by atoms with Crippen LogP contribution >= 0.6 is 12.2 Å². The average molecular weight is 446 g/mol. The fourth-order valence-electron chi connectivity index (χ4n) is 3.66. The zero-order valence-electron chi connectivity index (χ0n) is 16.9. The number of carbonyl (C=O) groups excluding carboxylic acids is 2. The number of rotatable bonds is 6. The largest absolute Gasteiger partial charge is 0.478 e. The molecule has 1 fully saturated rings. The molecule has 2 aromatic carbocycles. The Bertz CT molecular complexity index is 1320. The third-order valence-corrected chi connectivity index (χ3v) is 5.47. The summed E-state index contributed by atoms with van der Waals surface area (Å²) in [5.74, 6) is -2.02. The van der Waals surface area contributed by atoms with Crippen LogP contribution in [-0.4, -0.2) is 44.0 Å². The molecule has 0 spiro atoms. The first-order chi connectivity index (χ1) is 15.4. The van der Waals surface area contributed by atoms with Crippen LogP contribution in [0.2, 0.25) is 0 Å². The number of hydrogen-bond donors (Lipinski definition) is 2. The Balaban J connectivity index is 1.76. The first kappa shape index (κ1) is 21.2. The Hall–Kier alpha value is -4.04. The van der Waals surface area contributed by atoms with Gasteiger partial charge >= 0.3 is 5.97 Å². The first-order valence-corrected chi connectivity index (χ1v) is 10.2. The molecule has 3 aromatic rings. The van der Waals surface area contributed by atoms with Crippen molar-refractivity contribution in [3.05, 3.63) is 89.6 Å². The molecule has 2 heterocycles. The molecule has 0 saturated carbocycles. The summed E-state index contributed by atoms with van der Waals surface area (Å²) in [5, 5.41) is 12.7. The molecule has 32 heavy (non-hydrogen) atoms. The molecule has 1 saturated heterocycles. The number of fused-ring (bicyclic) bond motifs is 1. The van der Waals surface area contributed by atoms with Crippen LogP contribution in [0.15, 0.2) is 73.0 Å². The van der Waals surface area contributed by atoms with Crippen molar-refractivity contribution in [1.82, 2.24) is 14.8 Å². The number of para-hydroxylation sites is 1. The van der Waals surface area contributed by atoms with E-state index in [1.807, 2.05) is 41.1 Å². The SMILES string of the molecule is C=CCN1C(=O)/C(=C/c2cn(Cc3cccc(C(=O)O)c3)c3ccccc23)C(=O)NC1=S. The number of thiocarbonyl (C=S) groups is 1. The topological polar surface area (TPSA) is 91.6 Å². The summed E-state index contributed by atoms with van der Waals surface area (Å²) in [7, 11) is 0. The van der Waals surface area contributed by atoms with Crippen molar-refractivity contribution in [3.8, 4) is 0 Å². The highest BCUT2D eigenvalue weighted by Crippen LogP contribution is 2.26. The number of amides is 2. The van der Waals surface area contributed by atoms with Crippen LogP contribution in [0, 0.1) is 0 Å². The maximum Gasteiger partial charge on any atom is 0.335 e. The van der Waals surface area contributed by atoms with Gasteiger partial charge in [0.25, 0.3) is 11.8 Å². The molecule has 0 aliphatic carbocycles. The number of nitrogens with zero attached hydrogens (tertiary/aromatic N) is 2. The minimum absolute atomic E-state index is 0.0174. The fraction of sp³-hybridized carbons (Fsp3) is 0.0833. The summed E-state index contributed by atoms with van der Waals surface area (Å²) in [4.78, 5) is 38.0. The van der Waals surface area contributed by atoms with E-state index in [1.54, 1.807) is 24.3 Å². The molecule has 4 rings (SSSR count). The maximum atomic E-state index is 12.9. The second-order valence-corrected chi connectivity index (χ2v) is 7.64. The van der Waals surface area contributed by atoms with Gasteiger partial charge in [-0.1, -0.05) is 36.4 Å². The van der Waals surface area contributed by atoms with Gasteiger partial charge in [-0.3, -0.25) is 19.8 Å². The zero-order valence-corrected chi connectivity index (χ0v) is 17.8. The summed E-state index contributed by atoms with van der Waals surface area (Å²) in [5.41, 5.74) is 2.60. The van der Waals surface area contributed by atoms with Gasteiger partial charge in [0.1, 0.15) is 5.57 Å². The van der Waals surface area contributed by atoms with E-state index in [-0.39, 0.29) is 22.8 Å². The molecule has 2 amide bonds. The molecule has 0 radical (unpaired) electrons. The molecule has 8 heteroatoms. The van der Waals surface area contributed by atoms with Gasteiger partial charge in [-0.25, -0.2) is 4.79 Å². The number of carboxylic acid groups (broad SMARTS) is 1. The molecule has 0 atom stereocenters. The maximum absolute atomic E-state index is 12.9. The van der Waals surface area contributed by atoms with Crippen molar-refractivity contribution in [2.24, 2.45) is 0 Å². The second kappa shape index (κ2) is 8.60. The Kier molecular flexibility index (Phi) is 5.70. The van der Waals surface area contributed by atoms with Gasteiger partial charge in [0.2, 0.25) is 0 Å². The number of carbonyl (C=O) groups is 3. The lowest BCUT2D eigenvalue weighted by molar-refractivity contribution is -0.128. The van der Waals surface area contributed by atoms with Crippen LogP contribution in [0.5, 0.6) is 0 Å². The molecular weight excluding hydrogens is 426 g/mol. The number of nitrogens with one attached hydrogen (secondary N) is 1. The summed E-state index contributed by atoms with van der Waals surface area (Å²) < 4.78 is 1.96. The van der Waals surface area contributed by atoms with E-state index in [2.05, 4.69) is 11.9 Å². The van der Waals surface area contributed by atoms with E-state index < -0.39 is 17.8 Å². The fourth-order valence-corrected chi connectivity index (χ4v) is 3.91. The van der Waals surface area contributed by atoms with Gasteiger partial charge in [-0.15, -0.1) is 6.58 Å². The van der Waals surface area contributed by atoms with Gasteiger partial charge < -0.3 is 9.67 Å². The van der Waals surface area contributed by atoms with Gasteiger partial charge in [0.15, 0.2) is 5.11 Å². The molecule has 1 aromatic heterocycles. The molecule has 160 valence electrons. The van der Waals surface area contributed by atoms with Gasteiger partial charge in [0, 0.05) is 35.8 Å². The van der Waals surface area contributed by atoms with Crippen molar-refractivity contribution in [3.63, 3.8) is 0 Å². The summed E-state index contributed by atoms with van der Waals surface area (Å²) in [6.07, 6.45) is 4.94. The third-order valence-electron chi connectivity index (χ3n) is 5.14. The van der Waals surface area contributed by atoms with Crippen LogP contribution in [-0.2, 0) is 16.1 Å². The van der Waals surface area contributed by atoms with Crippen molar-refractivity contribution in [2.75, 3.05) is 6.54 Å². The molecule has 7 nitrogen and oxygen atoms in total. The van der Waals surface area contributed by atoms with Crippen LogP contribution in [0.1, 0.15) is 21.5 Å². The van der Waals surface area contributed by atoms with Gasteiger partial charge in [-0.05, 0) is 42.1 Å². The van der Waals surface area contributed by atoms with Gasteiger partial charge in [0.05, 0.1) is 5.56 Å². The van der Waals surface area contributed by atoms with Crippen LogP contribution < -0.4 is 5.32 Å². The van der Waals surface area contributed by atoms with E-state index in [4.69, 9.17) is 12.2 Å². The number of hydrogen-bond acceptors (Lipinski definition) is 4. The van der Waals surface area contributed by atoms with Crippen molar-refractivity contribution >= 4 is 52.1 Å². The predicted octanol–water partition coefficient (Wildman–Crippen LogP) is 3.20. The summed E-state index contributed by atoms with van der Waals surface area (Å²) in [6, 6.07) is 14.3. The van der Waals surface area contributed by atoms with E-state index in [0.29, 0.717) is 12.1 Å². The lowest BCUT2D eigenvalue weighted by Crippen LogP contribution is -2.53. The normalized spacial score (nSPS) is 15.3. The monoisotopic (exact) mass is 445 g/mol. The molecule has 1 aliphatic heterocycles. The second-order valence-electron chi connectivity index (χ2n) is 7.26. The standard InChI is InChI=1S/C24H19N3O4S/c1-2-10-27-22(29)19(21(28)25-24(27)32)12-17-14-26(20-9-4-3-8-18(17)20)13-15-6-5-7-16(11-15)23(30)31/h2-9,11-12,14H,1,10,13H2,(H,30,31)(H,25,28,32)/b19-12+. The average Bonchev–Trinajstić information content (AvgIpc) is 3.11. The number of carboxylic acids is 1. The lowest BCUT2D eigenvalue weighted by atomic mass is 10.1. The molecule has 1 aliphatic rings. The van der Waals surface area contributed by atoms with Crippen LogP contribution in [0.3, 0.4) is 0 Å². The van der Waals surface area contributed by atoms with E-state index in [9.17, 15) is 19.5 Å². The van der Waals surface area contributed by atoms with Crippen molar-refractivity contribution < 1.29 is 19.5 Å². The predicted molar refractivity (Wildman–Crippen MR) is 125 cm³/mol. The van der Waals surface area contributed by atoms with Gasteiger partial charge in [-0.2, -0.15) is 0 Å². The van der Waals surface area contributed by atoms with Crippen molar-refractivity contribution in [1.29, 1.82) is 0 Å². The first-order valence-electron chi connectivity index (χ1n) is 9.79. The van der Waals surface area contributed by atoms with E-state index in [0.717, 1.165) is 16.5 Å². The van der Waals surface area contributed by atoms with E-state index in [1.165, 1.54) is 11.0 Å². The molecule has 0 bridgehead atoms. The third kappa shape index (κ3) is 3.95. The molecule has 0 unspecified atom stereocenters. The molecular formula is C24H19N3O4S. The number of benzene rings is 2. The quantitative estimate of drug-likeness (QED) is 0.263. The Labute approximate surface area is 189 Å². The highest BCUT2D eigenvalue weighted by molar-refractivity contribution is 7.80. The van der Waals surface area contributed by atoms with Crippen LogP contribution in [0.4, 0.5) is 0 Å². The minimum Gasteiger partial charge on any atom is -0.478 e. The van der Waals surface area contributed by atoms with Crippen LogP contribution in [0.25, 0.3) is 17.0 Å².